The first-order valence-corrected chi connectivity index (χ1v) is 7.32. The first-order valence-electron chi connectivity index (χ1n) is 6.53. The van der Waals surface area contributed by atoms with E-state index in [4.69, 9.17) is 0 Å². The smallest absolute Gasteiger partial charge is 0.130 e. The van der Waals surface area contributed by atoms with Crippen LogP contribution in [0.4, 0.5) is 8.78 Å². The average molecular weight is 340 g/mol. The Morgan fingerprint density at radius 2 is 1.80 bits per heavy atom. The zero-order valence-electron chi connectivity index (χ0n) is 11.2. The van der Waals surface area contributed by atoms with E-state index in [-0.39, 0.29) is 6.04 Å². The van der Waals surface area contributed by atoms with E-state index >= 15 is 0 Å². The van der Waals surface area contributed by atoms with Gasteiger partial charge in [0.05, 0.1) is 0 Å². The van der Waals surface area contributed by atoms with Gasteiger partial charge in [-0.3, -0.25) is 0 Å². The van der Waals surface area contributed by atoms with E-state index in [9.17, 15) is 8.78 Å². The molecule has 0 bridgehead atoms. The van der Waals surface area contributed by atoms with Gasteiger partial charge in [-0.15, -0.1) is 0 Å². The van der Waals surface area contributed by atoms with Crippen LogP contribution in [-0.2, 0) is 6.54 Å². The molecule has 0 aliphatic carbocycles. The summed E-state index contributed by atoms with van der Waals surface area (Å²) in [5, 5.41) is 3.30. The highest BCUT2D eigenvalue weighted by molar-refractivity contribution is 9.10. The van der Waals surface area contributed by atoms with E-state index in [1.54, 1.807) is 0 Å². The summed E-state index contributed by atoms with van der Waals surface area (Å²) >= 11 is 3.40. The maximum atomic E-state index is 13.6. The molecule has 20 heavy (non-hydrogen) atoms. The molecule has 0 amide bonds. The van der Waals surface area contributed by atoms with Gasteiger partial charge in [0.2, 0.25) is 0 Å². The van der Waals surface area contributed by atoms with E-state index in [1.807, 2.05) is 24.3 Å². The number of hydrogen-bond donors (Lipinski definition) is 1. The molecule has 0 saturated carbocycles. The molecule has 0 aromatic heterocycles. The second kappa shape index (κ2) is 6.95. The van der Waals surface area contributed by atoms with Gasteiger partial charge in [-0.2, -0.15) is 0 Å². The van der Waals surface area contributed by atoms with E-state index in [2.05, 4.69) is 28.2 Å². The Hall–Kier alpha value is -1.26. The maximum absolute atomic E-state index is 13.6. The third kappa shape index (κ3) is 3.87. The fourth-order valence-electron chi connectivity index (χ4n) is 2.09. The minimum atomic E-state index is -0.550. The van der Waals surface area contributed by atoms with Crippen LogP contribution in [-0.4, -0.2) is 0 Å². The zero-order chi connectivity index (χ0) is 14.5. The van der Waals surface area contributed by atoms with Crippen molar-refractivity contribution in [2.24, 2.45) is 0 Å². The first-order chi connectivity index (χ1) is 9.60. The molecule has 0 aliphatic rings. The van der Waals surface area contributed by atoms with Crippen LogP contribution in [0.25, 0.3) is 0 Å². The lowest BCUT2D eigenvalue weighted by atomic mass is 10.0. The molecule has 1 nitrogen and oxygen atoms in total. The summed E-state index contributed by atoms with van der Waals surface area (Å²) in [4.78, 5) is 0. The van der Waals surface area contributed by atoms with Gasteiger partial charge in [0.1, 0.15) is 11.6 Å². The Morgan fingerprint density at radius 3 is 2.40 bits per heavy atom. The Kier molecular flexibility index (Phi) is 5.26. The Morgan fingerprint density at radius 1 is 1.10 bits per heavy atom. The second-order valence-electron chi connectivity index (χ2n) is 4.63. The third-order valence-corrected chi connectivity index (χ3v) is 3.76. The number of nitrogens with one attached hydrogen (secondary N) is 1. The molecule has 0 radical (unpaired) electrons. The van der Waals surface area contributed by atoms with Crippen molar-refractivity contribution in [2.45, 2.75) is 25.9 Å². The predicted molar refractivity (Wildman–Crippen MR) is 80.4 cm³/mol. The predicted octanol–water partition coefficient (Wildman–Crippen LogP) is 4.97. The summed E-state index contributed by atoms with van der Waals surface area (Å²) < 4.78 is 27.5. The van der Waals surface area contributed by atoms with Crippen molar-refractivity contribution in [3.63, 3.8) is 0 Å². The monoisotopic (exact) mass is 339 g/mol. The van der Waals surface area contributed by atoms with Crippen LogP contribution in [0.2, 0.25) is 0 Å². The molecule has 0 heterocycles. The fraction of sp³-hybridized carbons (Fsp3) is 0.250. The van der Waals surface area contributed by atoms with E-state index in [0.717, 1.165) is 22.5 Å². The standard InChI is InChI=1S/C16H16BrF2N/c1-2-16(11-3-6-13(17)7-4-11)20-10-12-5-8-14(18)9-15(12)19/h3-9,16,20H,2,10H2,1H3. The number of hydrogen-bond acceptors (Lipinski definition) is 1. The third-order valence-electron chi connectivity index (χ3n) is 3.23. The van der Waals surface area contributed by atoms with Crippen molar-refractivity contribution in [2.75, 3.05) is 0 Å². The minimum absolute atomic E-state index is 0.146. The van der Waals surface area contributed by atoms with Gasteiger partial charge in [0.15, 0.2) is 0 Å². The lowest BCUT2D eigenvalue weighted by molar-refractivity contribution is 0.500. The minimum Gasteiger partial charge on any atom is -0.306 e. The molecule has 4 heteroatoms. The van der Waals surface area contributed by atoms with Gasteiger partial charge in [-0.25, -0.2) is 8.78 Å². The van der Waals surface area contributed by atoms with Gasteiger partial charge in [0, 0.05) is 28.7 Å². The lowest BCUT2D eigenvalue weighted by Gasteiger charge is -2.18. The van der Waals surface area contributed by atoms with Crippen LogP contribution in [0.5, 0.6) is 0 Å². The highest BCUT2D eigenvalue weighted by Gasteiger charge is 2.10. The molecule has 1 N–H and O–H groups in total. The molecule has 1 atom stereocenters. The summed E-state index contributed by atoms with van der Waals surface area (Å²) in [6, 6.07) is 11.9. The van der Waals surface area contributed by atoms with Gasteiger partial charge >= 0.3 is 0 Å². The van der Waals surface area contributed by atoms with Crippen LogP contribution in [0.3, 0.4) is 0 Å². The van der Waals surface area contributed by atoms with Crippen LogP contribution < -0.4 is 5.32 Å². The summed E-state index contributed by atoms with van der Waals surface area (Å²) in [6.07, 6.45) is 0.893. The second-order valence-corrected chi connectivity index (χ2v) is 5.54. The fourth-order valence-corrected chi connectivity index (χ4v) is 2.36. The molecular weight excluding hydrogens is 324 g/mol. The van der Waals surface area contributed by atoms with Crippen LogP contribution >= 0.6 is 15.9 Å². The van der Waals surface area contributed by atoms with Crippen molar-refractivity contribution < 1.29 is 8.78 Å². The number of rotatable bonds is 5. The Bertz CT molecular complexity index is 569. The average Bonchev–Trinajstić information content (AvgIpc) is 2.43. The molecule has 2 aromatic carbocycles. The molecule has 2 rings (SSSR count). The Labute approximate surface area is 126 Å². The normalized spacial score (nSPS) is 12.4. The van der Waals surface area contributed by atoms with Crippen molar-refractivity contribution in [1.82, 2.24) is 5.32 Å². The molecule has 0 aliphatic heterocycles. The topological polar surface area (TPSA) is 12.0 Å². The van der Waals surface area contributed by atoms with Crippen LogP contribution in [0.15, 0.2) is 46.9 Å². The molecule has 0 fully saturated rings. The highest BCUT2D eigenvalue weighted by atomic mass is 79.9. The number of halogens is 3. The van der Waals surface area contributed by atoms with E-state index in [1.165, 1.54) is 12.1 Å². The molecule has 1 unspecified atom stereocenters. The lowest BCUT2D eigenvalue weighted by Crippen LogP contribution is -2.20. The van der Waals surface area contributed by atoms with Gasteiger partial charge < -0.3 is 5.32 Å². The van der Waals surface area contributed by atoms with E-state index in [0.29, 0.717) is 12.1 Å². The summed E-state index contributed by atoms with van der Waals surface area (Å²) in [5.41, 5.74) is 1.63. The molecule has 106 valence electrons. The largest absolute Gasteiger partial charge is 0.306 e. The molecule has 2 aromatic rings. The van der Waals surface area contributed by atoms with Crippen LogP contribution in [0.1, 0.15) is 30.5 Å². The quantitative estimate of drug-likeness (QED) is 0.810. The highest BCUT2D eigenvalue weighted by Crippen LogP contribution is 2.20. The van der Waals surface area contributed by atoms with Crippen molar-refractivity contribution in [1.29, 1.82) is 0 Å². The molecule has 0 saturated heterocycles. The summed E-state index contributed by atoms with van der Waals surface area (Å²) in [5.74, 6) is -1.06. The van der Waals surface area contributed by atoms with Crippen molar-refractivity contribution in [3.8, 4) is 0 Å². The molecule has 0 spiro atoms. The maximum Gasteiger partial charge on any atom is 0.130 e. The SMILES string of the molecule is CCC(NCc1ccc(F)cc1F)c1ccc(Br)cc1. The summed E-state index contributed by atoms with van der Waals surface area (Å²) in [7, 11) is 0. The van der Waals surface area contributed by atoms with Crippen LogP contribution in [0, 0.1) is 11.6 Å². The Balaban J connectivity index is 2.05. The van der Waals surface area contributed by atoms with Gasteiger partial charge in [-0.1, -0.05) is 41.1 Å². The van der Waals surface area contributed by atoms with E-state index < -0.39 is 11.6 Å². The van der Waals surface area contributed by atoms with Crippen molar-refractivity contribution in [3.05, 3.63) is 69.7 Å². The van der Waals surface area contributed by atoms with Gasteiger partial charge in [-0.05, 0) is 30.2 Å². The summed E-state index contributed by atoms with van der Waals surface area (Å²) in [6.45, 7) is 2.45. The number of benzene rings is 2. The van der Waals surface area contributed by atoms with Crippen molar-refractivity contribution >= 4 is 15.9 Å². The first kappa shape index (κ1) is 15.1. The van der Waals surface area contributed by atoms with Gasteiger partial charge in [0.25, 0.3) is 0 Å². The zero-order valence-corrected chi connectivity index (χ0v) is 12.8. The molecular formula is C16H16BrF2N.